The fourth-order valence-corrected chi connectivity index (χ4v) is 1.61. The van der Waals surface area contributed by atoms with Crippen molar-refractivity contribution in [3.05, 3.63) is 47.1 Å². The topological polar surface area (TPSA) is 50.7 Å². The molecular weight excluding hydrogens is 236 g/mol. The van der Waals surface area contributed by atoms with Gasteiger partial charge in [-0.1, -0.05) is 11.6 Å². The Labute approximate surface area is 105 Å². The summed E-state index contributed by atoms with van der Waals surface area (Å²) in [4.78, 5) is 12.0. The maximum absolute atomic E-state index is 5.91. The molecule has 0 aliphatic carbocycles. The maximum Gasteiger partial charge on any atom is 0.137 e. The highest BCUT2D eigenvalue weighted by Gasteiger charge is 2.03. The molecule has 1 N–H and O–H groups in total. The lowest BCUT2D eigenvalue weighted by Gasteiger charge is -2.08. The van der Waals surface area contributed by atoms with Crippen molar-refractivity contribution < 1.29 is 0 Å². The van der Waals surface area contributed by atoms with E-state index in [1.165, 1.54) is 11.9 Å². The van der Waals surface area contributed by atoms with Crippen LogP contribution in [0.3, 0.4) is 0 Å². The summed E-state index contributed by atoms with van der Waals surface area (Å²) in [6.45, 7) is 2.70. The zero-order valence-corrected chi connectivity index (χ0v) is 10.3. The number of hydrogen-bond acceptors (Lipinski definition) is 4. The van der Waals surface area contributed by atoms with Crippen molar-refractivity contribution >= 4 is 17.4 Å². The number of hydrogen-bond donors (Lipinski definition) is 1. The van der Waals surface area contributed by atoms with Crippen molar-refractivity contribution in [2.75, 3.05) is 11.9 Å². The third-order valence-electron chi connectivity index (χ3n) is 2.48. The number of nitrogens with one attached hydrogen (secondary N) is 1. The summed E-state index contributed by atoms with van der Waals surface area (Å²) in [6.07, 6.45) is 5.97. The minimum Gasteiger partial charge on any atom is -0.369 e. The molecule has 2 heterocycles. The van der Waals surface area contributed by atoms with Gasteiger partial charge in [0.05, 0.1) is 0 Å². The average molecular weight is 249 g/mol. The minimum absolute atomic E-state index is 0.492. The molecule has 4 nitrogen and oxygen atoms in total. The Balaban J connectivity index is 1.93. The number of rotatable bonds is 4. The third-order valence-corrected chi connectivity index (χ3v) is 2.86. The van der Waals surface area contributed by atoms with Crippen LogP contribution in [0.15, 0.2) is 30.9 Å². The van der Waals surface area contributed by atoms with Crippen LogP contribution >= 0.6 is 11.6 Å². The number of halogens is 1. The van der Waals surface area contributed by atoms with Crippen LogP contribution in [0.2, 0.25) is 5.15 Å². The van der Waals surface area contributed by atoms with Gasteiger partial charge in [-0.2, -0.15) is 0 Å². The summed E-state index contributed by atoms with van der Waals surface area (Å²) in [5.74, 6) is 0.791. The largest absolute Gasteiger partial charge is 0.369 e. The molecule has 0 radical (unpaired) electrons. The second kappa shape index (κ2) is 5.59. The van der Waals surface area contributed by atoms with Crippen LogP contribution in [-0.4, -0.2) is 21.5 Å². The molecule has 0 aromatic carbocycles. The van der Waals surface area contributed by atoms with Crippen LogP contribution in [0.25, 0.3) is 0 Å². The van der Waals surface area contributed by atoms with Gasteiger partial charge >= 0.3 is 0 Å². The number of aromatic nitrogens is 3. The summed E-state index contributed by atoms with van der Waals surface area (Å²) in [7, 11) is 0. The van der Waals surface area contributed by atoms with Crippen molar-refractivity contribution in [3.63, 3.8) is 0 Å². The van der Waals surface area contributed by atoms with Crippen molar-refractivity contribution in [1.82, 2.24) is 15.0 Å². The summed E-state index contributed by atoms with van der Waals surface area (Å²) in [5.41, 5.74) is 2.12. The molecule has 0 saturated heterocycles. The maximum atomic E-state index is 5.91. The van der Waals surface area contributed by atoms with Crippen molar-refractivity contribution in [3.8, 4) is 0 Å². The third kappa shape index (κ3) is 3.14. The molecule has 2 aromatic rings. The predicted octanol–water partition coefficient (Wildman–Crippen LogP) is 2.49. The van der Waals surface area contributed by atoms with Gasteiger partial charge in [-0.3, -0.25) is 4.98 Å². The van der Waals surface area contributed by atoms with Crippen LogP contribution in [0.5, 0.6) is 0 Å². The van der Waals surface area contributed by atoms with E-state index in [0.717, 1.165) is 24.3 Å². The van der Waals surface area contributed by atoms with Gasteiger partial charge in [-0.05, 0) is 31.0 Å². The molecule has 88 valence electrons. The molecule has 0 amide bonds. The Bertz CT molecular complexity index is 487. The van der Waals surface area contributed by atoms with Gasteiger partial charge in [0.2, 0.25) is 0 Å². The normalized spacial score (nSPS) is 10.2. The first kappa shape index (κ1) is 11.8. The second-order valence-electron chi connectivity index (χ2n) is 3.67. The predicted molar refractivity (Wildman–Crippen MR) is 68.2 cm³/mol. The summed E-state index contributed by atoms with van der Waals surface area (Å²) in [6, 6.07) is 4.00. The van der Waals surface area contributed by atoms with Crippen LogP contribution in [-0.2, 0) is 6.42 Å². The van der Waals surface area contributed by atoms with E-state index in [4.69, 9.17) is 11.6 Å². The zero-order valence-electron chi connectivity index (χ0n) is 9.52. The summed E-state index contributed by atoms with van der Waals surface area (Å²) in [5, 5.41) is 3.74. The fraction of sp³-hybridized carbons (Fsp3) is 0.250. The molecule has 0 unspecified atom stereocenters. The van der Waals surface area contributed by atoms with E-state index in [2.05, 4.69) is 20.3 Å². The molecule has 0 bridgehead atoms. The lowest BCUT2D eigenvalue weighted by molar-refractivity contribution is 0.987. The van der Waals surface area contributed by atoms with E-state index in [1.807, 2.05) is 19.1 Å². The molecule has 0 atom stereocenters. The number of anilines is 1. The van der Waals surface area contributed by atoms with Gasteiger partial charge in [0.1, 0.15) is 17.3 Å². The van der Waals surface area contributed by atoms with Gasteiger partial charge in [-0.25, -0.2) is 9.97 Å². The highest BCUT2D eigenvalue weighted by molar-refractivity contribution is 6.30. The second-order valence-corrected chi connectivity index (χ2v) is 4.03. The highest BCUT2D eigenvalue weighted by Crippen LogP contribution is 2.17. The Kier molecular flexibility index (Phi) is 3.88. The van der Waals surface area contributed by atoms with Crippen LogP contribution < -0.4 is 5.32 Å². The van der Waals surface area contributed by atoms with Gasteiger partial charge in [0, 0.05) is 24.5 Å². The monoisotopic (exact) mass is 248 g/mol. The van der Waals surface area contributed by atoms with E-state index in [9.17, 15) is 0 Å². The molecule has 2 aromatic heterocycles. The quantitative estimate of drug-likeness (QED) is 0.845. The Morgan fingerprint density at radius 3 is 2.76 bits per heavy atom. The standard InChI is InChI=1S/C12H13ClN4/c1-9-11(13)16-8-17-12(9)15-7-4-10-2-5-14-6-3-10/h2-3,5-6,8H,4,7H2,1H3,(H,15,16,17). The SMILES string of the molecule is Cc1c(Cl)ncnc1NCCc1ccncc1. The molecule has 2 rings (SSSR count). The molecule has 0 fully saturated rings. The zero-order chi connectivity index (χ0) is 12.1. The van der Waals surface area contributed by atoms with Crippen molar-refractivity contribution in [1.29, 1.82) is 0 Å². The first-order chi connectivity index (χ1) is 8.27. The summed E-state index contributed by atoms with van der Waals surface area (Å²) < 4.78 is 0. The van der Waals surface area contributed by atoms with E-state index < -0.39 is 0 Å². The molecule has 17 heavy (non-hydrogen) atoms. The van der Waals surface area contributed by atoms with Crippen LogP contribution in [0, 0.1) is 6.92 Å². The van der Waals surface area contributed by atoms with Gasteiger partial charge in [0.15, 0.2) is 0 Å². The Morgan fingerprint density at radius 1 is 1.24 bits per heavy atom. The molecule has 5 heteroatoms. The molecule has 0 aliphatic rings. The van der Waals surface area contributed by atoms with Crippen LogP contribution in [0.4, 0.5) is 5.82 Å². The fourth-order valence-electron chi connectivity index (χ4n) is 1.48. The Hall–Kier alpha value is -1.68. The van der Waals surface area contributed by atoms with E-state index >= 15 is 0 Å². The smallest absolute Gasteiger partial charge is 0.137 e. The molecule has 0 saturated carbocycles. The first-order valence-corrected chi connectivity index (χ1v) is 5.75. The molecular formula is C12H13ClN4. The highest BCUT2D eigenvalue weighted by atomic mass is 35.5. The summed E-state index contributed by atoms with van der Waals surface area (Å²) >= 11 is 5.91. The number of pyridine rings is 1. The minimum atomic E-state index is 0.492. The van der Waals surface area contributed by atoms with E-state index in [1.54, 1.807) is 12.4 Å². The van der Waals surface area contributed by atoms with E-state index in [0.29, 0.717) is 5.15 Å². The molecule has 0 aliphatic heterocycles. The van der Waals surface area contributed by atoms with Gasteiger partial charge in [-0.15, -0.1) is 0 Å². The van der Waals surface area contributed by atoms with Crippen LogP contribution in [0.1, 0.15) is 11.1 Å². The molecule has 0 spiro atoms. The lowest BCUT2D eigenvalue weighted by Crippen LogP contribution is -2.08. The first-order valence-electron chi connectivity index (χ1n) is 5.37. The number of nitrogens with zero attached hydrogens (tertiary/aromatic N) is 3. The van der Waals surface area contributed by atoms with Crippen molar-refractivity contribution in [2.45, 2.75) is 13.3 Å². The van der Waals surface area contributed by atoms with E-state index in [-0.39, 0.29) is 0 Å². The lowest BCUT2D eigenvalue weighted by atomic mass is 10.2. The van der Waals surface area contributed by atoms with Gasteiger partial charge in [0.25, 0.3) is 0 Å². The van der Waals surface area contributed by atoms with Crippen molar-refractivity contribution in [2.24, 2.45) is 0 Å². The van der Waals surface area contributed by atoms with Gasteiger partial charge < -0.3 is 5.32 Å². The Morgan fingerprint density at radius 2 is 2.00 bits per heavy atom. The average Bonchev–Trinajstić information content (AvgIpc) is 2.36.